The SMILES string of the molecule is CCCS(=O)(=O)CCNCC1(c2ccc3ncnc(Nc4ccc(OCc5cccc(F)c5)c(Br)c4)c3c2)CC=CO1. The molecule has 2 N–H and O–H groups in total. The van der Waals surface area contributed by atoms with Crippen LogP contribution in [0.2, 0.25) is 0 Å². The molecule has 42 heavy (non-hydrogen) atoms. The Morgan fingerprint density at radius 3 is 2.74 bits per heavy atom. The quantitative estimate of drug-likeness (QED) is 0.160. The van der Waals surface area contributed by atoms with Crippen molar-refractivity contribution in [3.63, 3.8) is 0 Å². The molecule has 0 saturated carbocycles. The summed E-state index contributed by atoms with van der Waals surface area (Å²) in [6.07, 6.45) is 6.43. The molecule has 4 aromatic rings. The summed E-state index contributed by atoms with van der Waals surface area (Å²) in [6.45, 7) is 2.91. The molecule has 11 heteroatoms. The van der Waals surface area contributed by atoms with Crippen molar-refractivity contribution in [2.75, 3.05) is 29.9 Å². The number of sulfone groups is 1. The molecule has 0 saturated heterocycles. The number of fused-ring (bicyclic) bond motifs is 1. The van der Waals surface area contributed by atoms with Crippen LogP contribution in [-0.4, -0.2) is 43.0 Å². The highest BCUT2D eigenvalue weighted by Crippen LogP contribution is 2.37. The van der Waals surface area contributed by atoms with E-state index in [-0.39, 0.29) is 23.9 Å². The minimum Gasteiger partial charge on any atom is -0.489 e. The maximum Gasteiger partial charge on any atom is 0.151 e. The van der Waals surface area contributed by atoms with E-state index in [2.05, 4.69) is 36.5 Å². The van der Waals surface area contributed by atoms with Crippen LogP contribution in [0.15, 0.2) is 83.8 Å². The third kappa shape index (κ3) is 7.26. The van der Waals surface area contributed by atoms with Crippen molar-refractivity contribution in [1.82, 2.24) is 15.3 Å². The van der Waals surface area contributed by atoms with Crippen LogP contribution >= 0.6 is 15.9 Å². The van der Waals surface area contributed by atoms with Gasteiger partial charge in [-0.05, 0) is 82.0 Å². The van der Waals surface area contributed by atoms with Gasteiger partial charge in [0.2, 0.25) is 0 Å². The summed E-state index contributed by atoms with van der Waals surface area (Å²) in [5.41, 5.74) is 2.56. The molecule has 1 aliphatic rings. The molecule has 0 amide bonds. The summed E-state index contributed by atoms with van der Waals surface area (Å²) in [7, 11) is -3.07. The van der Waals surface area contributed by atoms with Gasteiger partial charge in [-0.15, -0.1) is 0 Å². The molecule has 2 heterocycles. The van der Waals surface area contributed by atoms with Crippen molar-refractivity contribution in [1.29, 1.82) is 0 Å². The van der Waals surface area contributed by atoms with Crippen molar-refractivity contribution >= 4 is 48.2 Å². The Morgan fingerprint density at radius 2 is 1.98 bits per heavy atom. The van der Waals surface area contributed by atoms with Gasteiger partial charge in [-0.1, -0.05) is 25.1 Å². The van der Waals surface area contributed by atoms with Crippen LogP contribution in [0.25, 0.3) is 10.9 Å². The molecule has 1 aliphatic heterocycles. The van der Waals surface area contributed by atoms with Crippen LogP contribution in [0.1, 0.15) is 30.9 Å². The van der Waals surface area contributed by atoms with Crippen LogP contribution in [-0.2, 0) is 26.8 Å². The smallest absolute Gasteiger partial charge is 0.151 e. The van der Waals surface area contributed by atoms with Gasteiger partial charge in [0, 0.05) is 36.3 Å². The van der Waals surface area contributed by atoms with Crippen molar-refractivity contribution < 1.29 is 22.3 Å². The van der Waals surface area contributed by atoms with E-state index in [1.165, 1.54) is 18.5 Å². The first-order valence-electron chi connectivity index (χ1n) is 13.7. The van der Waals surface area contributed by atoms with Crippen LogP contribution in [0, 0.1) is 5.82 Å². The molecule has 0 fully saturated rings. The first-order chi connectivity index (χ1) is 20.3. The molecule has 5 rings (SSSR count). The van der Waals surface area contributed by atoms with E-state index in [9.17, 15) is 12.8 Å². The largest absolute Gasteiger partial charge is 0.489 e. The fourth-order valence-electron chi connectivity index (χ4n) is 4.86. The lowest BCUT2D eigenvalue weighted by molar-refractivity contribution is 0.0419. The van der Waals surface area contributed by atoms with Crippen molar-refractivity contribution in [3.8, 4) is 5.75 Å². The van der Waals surface area contributed by atoms with Crippen molar-refractivity contribution in [2.45, 2.75) is 32.0 Å². The minimum atomic E-state index is -3.07. The number of hydrogen-bond donors (Lipinski definition) is 2. The Hall–Kier alpha value is -3.54. The predicted octanol–water partition coefficient (Wildman–Crippen LogP) is 6.40. The lowest BCUT2D eigenvalue weighted by atomic mass is 9.90. The number of hydrogen-bond acceptors (Lipinski definition) is 8. The second-order valence-electron chi connectivity index (χ2n) is 10.2. The zero-order valence-electron chi connectivity index (χ0n) is 23.1. The van der Waals surface area contributed by atoms with Gasteiger partial charge in [0.25, 0.3) is 0 Å². The zero-order chi connectivity index (χ0) is 29.6. The molecule has 0 bridgehead atoms. The minimum absolute atomic E-state index is 0.0914. The van der Waals surface area contributed by atoms with Gasteiger partial charge in [-0.2, -0.15) is 0 Å². The molecule has 0 spiro atoms. The highest BCUT2D eigenvalue weighted by atomic mass is 79.9. The lowest BCUT2D eigenvalue weighted by Gasteiger charge is -2.30. The number of nitrogens with one attached hydrogen (secondary N) is 2. The number of halogens is 2. The van der Waals surface area contributed by atoms with Crippen LogP contribution < -0.4 is 15.4 Å². The second-order valence-corrected chi connectivity index (χ2v) is 13.3. The average molecular weight is 656 g/mol. The summed E-state index contributed by atoms with van der Waals surface area (Å²) >= 11 is 3.57. The topological polar surface area (TPSA) is 102 Å². The molecule has 220 valence electrons. The summed E-state index contributed by atoms with van der Waals surface area (Å²) in [4.78, 5) is 8.94. The number of ether oxygens (including phenoxy) is 2. The maximum atomic E-state index is 13.5. The number of aromatic nitrogens is 2. The lowest BCUT2D eigenvalue weighted by Crippen LogP contribution is -2.39. The van der Waals surface area contributed by atoms with E-state index < -0.39 is 15.4 Å². The van der Waals surface area contributed by atoms with Gasteiger partial charge in [0.1, 0.15) is 35.9 Å². The van der Waals surface area contributed by atoms with Crippen LogP contribution in [0.4, 0.5) is 15.9 Å². The molecule has 0 aliphatic carbocycles. The molecular formula is C31H32BrFN4O4S. The average Bonchev–Trinajstić information content (AvgIpc) is 3.45. The Morgan fingerprint density at radius 1 is 1.10 bits per heavy atom. The third-order valence-corrected chi connectivity index (χ3v) is 9.47. The van der Waals surface area contributed by atoms with Gasteiger partial charge in [0.15, 0.2) is 9.84 Å². The first kappa shape index (κ1) is 29.9. The van der Waals surface area contributed by atoms with E-state index >= 15 is 0 Å². The van der Waals surface area contributed by atoms with Crippen molar-refractivity contribution in [2.24, 2.45) is 0 Å². The van der Waals surface area contributed by atoms with Crippen molar-refractivity contribution in [3.05, 3.63) is 101 Å². The van der Waals surface area contributed by atoms with Gasteiger partial charge >= 0.3 is 0 Å². The van der Waals surface area contributed by atoms with E-state index in [0.29, 0.717) is 37.5 Å². The standard InChI is InChI=1S/C31H32BrFN4O4S/c1-2-14-42(38,39)15-12-34-20-31(11-4-13-41-31)23-7-9-28-26(17-23)30(36-21-35-28)37-25-8-10-29(27(32)18-25)40-19-22-5-3-6-24(33)16-22/h3-10,13,16-18,21,34H,2,11-12,14-15,19-20H2,1H3,(H,35,36,37). The zero-order valence-corrected chi connectivity index (χ0v) is 25.5. The number of rotatable bonds is 13. The third-order valence-electron chi connectivity index (χ3n) is 6.99. The normalized spacial score (nSPS) is 16.5. The first-order valence-corrected chi connectivity index (χ1v) is 16.3. The fraction of sp³-hybridized carbons (Fsp3) is 0.290. The molecule has 1 atom stereocenters. The molecule has 3 aromatic carbocycles. The second kappa shape index (κ2) is 13.2. The van der Waals surface area contributed by atoms with Crippen LogP contribution in [0.5, 0.6) is 5.75 Å². The summed E-state index contributed by atoms with van der Waals surface area (Å²) in [5.74, 6) is 1.24. The summed E-state index contributed by atoms with van der Waals surface area (Å²) in [6, 6.07) is 17.9. The molecule has 1 unspecified atom stereocenters. The Kier molecular flexibility index (Phi) is 9.40. The van der Waals surface area contributed by atoms with Crippen LogP contribution in [0.3, 0.4) is 0 Å². The number of anilines is 2. The highest BCUT2D eigenvalue weighted by molar-refractivity contribution is 9.10. The van der Waals surface area contributed by atoms with E-state index in [1.54, 1.807) is 12.3 Å². The molecule has 0 radical (unpaired) electrons. The summed E-state index contributed by atoms with van der Waals surface area (Å²) < 4.78 is 50.5. The molecule has 1 aromatic heterocycles. The van der Waals surface area contributed by atoms with Gasteiger partial charge < -0.3 is 20.1 Å². The Labute approximate surface area is 253 Å². The monoisotopic (exact) mass is 654 g/mol. The van der Waals surface area contributed by atoms with Gasteiger partial charge in [0.05, 0.1) is 22.0 Å². The molecular weight excluding hydrogens is 623 g/mol. The van der Waals surface area contributed by atoms with E-state index in [1.807, 2.05) is 55.5 Å². The predicted molar refractivity (Wildman–Crippen MR) is 166 cm³/mol. The Balaban J connectivity index is 1.32. The fourth-order valence-corrected chi connectivity index (χ4v) is 6.63. The molecule has 8 nitrogen and oxygen atoms in total. The Bertz CT molecular complexity index is 1690. The van der Waals surface area contributed by atoms with E-state index in [4.69, 9.17) is 9.47 Å². The number of benzene rings is 3. The maximum absolute atomic E-state index is 13.5. The van der Waals surface area contributed by atoms with E-state index in [0.717, 1.165) is 32.2 Å². The summed E-state index contributed by atoms with van der Waals surface area (Å²) in [5, 5.41) is 7.49. The number of nitrogens with zero attached hydrogens (tertiary/aromatic N) is 2. The highest BCUT2D eigenvalue weighted by Gasteiger charge is 2.35. The van der Waals surface area contributed by atoms with Gasteiger partial charge in [-0.3, -0.25) is 0 Å². The van der Waals surface area contributed by atoms with Gasteiger partial charge in [-0.25, -0.2) is 22.8 Å².